The zero-order valence-corrected chi connectivity index (χ0v) is 17.4. The minimum Gasteiger partial charge on any atom is -0.497 e. The summed E-state index contributed by atoms with van der Waals surface area (Å²) in [4.78, 5) is 13.2. The molecule has 4 rings (SSSR count). The quantitative estimate of drug-likeness (QED) is 0.589. The molecule has 1 amide bonds. The van der Waals surface area contributed by atoms with E-state index in [4.69, 9.17) is 9.84 Å². The molecule has 5 heteroatoms. The summed E-state index contributed by atoms with van der Waals surface area (Å²) in [5.74, 6) is 0.765. The van der Waals surface area contributed by atoms with Gasteiger partial charge in [0.1, 0.15) is 5.75 Å². The predicted octanol–water partition coefficient (Wildman–Crippen LogP) is 3.92. The monoisotopic (exact) mass is 400 g/mol. The topological polar surface area (TPSA) is 45.8 Å². The molecular weight excluding hydrogens is 374 g/mol. The number of benzene rings is 2. The maximum absolute atomic E-state index is 13.2. The lowest BCUT2D eigenvalue weighted by atomic mass is 9.98. The molecule has 1 aliphatic heterocycles. The molecule has 0 saturated heterocycles. The van der Waals surface area contributed by atoms with Crippen LogP contribution in [0.2, 0.25) is 0 Å². The Morgan fingerprint density at radius 2 is 1.77 bits per heavy atom. The van der Waals surface area contributed by atoms with Crippen LogP contribution < -0.4 is 9.30 Å². The van der Waals surface area contributed by atoms with E-state index >= 15 is 0 Å². The van der Waals surface area contributed by atoms with Gasteiger partial charge in [-0.05, 0) is 35.2 Å². The first-order valence-electron chi connectivity index (χ1n) is 10.2. The number of ether oxygens (including phenoxy) is 1. The van der Waals surface area contributed by atoms with Crippen molar-refractivity contribution >= 4 is 11.6 Å². The summed E-state index contributed by atoms with van der Waals surface area (Å²) >= 11 is 0. The van der Waals surface area contributed by atoms with Crippen molar-refractivity contribution in [3.63, 3.8) is 0 Å². The fourth-order valence-corrected chi connectivity index (χ4v) is 3.69. The highest BCUT2D eigenvalue weighted by Crippen LogP contribution is 2.33. The van der Waals surface area contributed by atoms with Crippen molar-refractivity contribution < 1.29 is 14.1 Å². The van der Waals surface area contributed by atoms with Crippen LogP contribution in [0.5, 0.6) is 5.75 Å². The smallest absolute Gasteiger partial charge is 0.309 e. The van der Waals surface area contributed by atoms with E-state index < -0.39 is 0 Å². The lowest BCUT2D eigenvalue weighted by Gasteiger charge is -2.21. The highest BCUT2D eigenvalue weighted by Gasteiger charge is 2.34. The minimum absolute atomic E-state index is 0.0315. The van der Waals surface area contributed by atoms with Gasteiger partial charge in [-0.2, -0.15) is 9.67 Å². The van der Waals surface area contributed by atoms with Crippen molar-refractivity contribution in [2.45, 2.75) is 32.4 Å². The number of aromatic nitrogens is 1. The van der Waals surface area contributed by atoms with Gasteiger partial charge >= 0.3 is 5.91 Å². The summed E-state index contributed by atoms with van der Waals surface area (Å²) in [5, 5.41) is 6.39. The first-order chi connectivity index (χ1) is 14.7. The summed E-state index contributed by atoms with van der Waals surface area (Å²) in [7, 11) is 1.65. The zero-order valence-electron chi connectivity index (χ0n) is 17.4. The number of hydrogen-bond donors (Lipinski definition) is 0. The Kier molecular flexibility index (Phi) is 5.89. The van der Waals surface area contributed by atoms with Gasteiger partial charge in [-0.15, -0.1) is 0 Å². The summed E-state index contributed by atoms with van der Waals surface area (Å²) in [6, 6.07) is 21.9. The Hall–Kier alpha value is -3.47. The SMILES string of the molecule is CCc1cc[n+](CC(=O)N2N=C(c3ccccc3)C[C@@H]2c2ccc(OC)cc2)cc1. The van der Waals surface area contributed by atoms with Gasteiger partial charge in [0.2, 0.25) is 6.54 Å². The summed E-state index contributed by atoms with van der Waals surface area (Å²) < 4.78 is 7.19. The van der Waals surface area contributed by atoms with E-state index in [0.717, 1.165) is 29.0 Å². The second-order valence-corrected chi connectivity index (χ2v) is 7.38. The number of pyridine rings is 1. The molecule has 3 aromatic rings. The van der Waals surface area contributed by atoms with E-state index in [1.54, 1.807) is 12.1 Å². The average Bonchev–Trinajstić information content (AvgIpc) is 3.26. The zero-order chi connectivity index (χ0) is 20.9. The molecule has 2 heterocycles. The molecule has 0 aliphatic carbocycles. The third kappa shape index (κ3) is 4.25. The lowest BCUT2D eigenvalue weighted by molar-refractivity contribution is -0.685. The molecule has 1 atom stereocenters. The highest BCUT2D eigenvalue weighted by molar-refractivity contribution is 6.03. The number of rotatable bonds is 6. The largest absolute Gasteiger partial charge is 0.497 e. The molecular formula is C25H26N3O2+. The molecule has 0 saturated carbocycles. The summed E-state index contributed by atoms with van der Waals surface area (Å²) in [5.41, 5.74) is 4.27. The maximum atomic E-state index is 13.2. The van der Waals surface area contributed by atoms with Crippen molar-refractivity contribution in [3.8, 4) is 5.75 Å². The fourth-order valence-electron chi connectivity index (χ4n) is 3.69. The molecule has 1 aromatic heterocycles. The van der Waals surface area contributed by atoms with Crippen LogP contribution in [0.4, 0.5) is 0 Å². The van der Waals surface area contributed by atoms with E-state index in [-0.39, 0.29) is 18.5 Å². The standard InChI is InChI=1S/C25H26N3O2/c1-3-19-13-15-27(16-14-19)18-25(29)28-24(21-9-11-22(30-2)12-10-21)17-23(26-28)20-7-5-4-6-8-20/h4-16,24H,3,17-18H2,1-2H3/q+1/t24-/m1/s1. The van der Waals surface area contributed by atoms with Crippen molar-refractivity contribution in [1.82, 2.24) is 5.01 Å². The van der Waals surface area contributed by atoms with Gasteiger partial charge in [-0.25, -0.2) is 5.01 Å². The Labute approximate surface area is 177 Å². The van der Waals surface area contributed by atoms with E-state index in [1.165, 1.54) is 5.56 Å². The van der Waals surface area contributed by atoms with Crippen molar-refractivity contribution in [2.24, 2.45) is 5.10 Å². The van der Waals surface area contributed by atoms with Gasteiger partial charge in [0.25, 0.3) is 0 Å². The van der Waals surface area contributed by atoms with Crippen LogP contribution in [-0.2, 0) is 17.8 Å². The number of hydrazone groups is 1. The highest BCUT2D eigenvalue weighted by atomic mass is 16.5. The minimum atomic E-state index is -0.130. The van der Waals surface area contributed by atoms with Crippen LogP contribution in [0.1, 0.15) is 36.1 Å². The number of aryl methyl sites for hydroxylation is 1. The number of carbonyl (C=O) groups is 1. The van der Waals surface area contributed by atoms with Crippen LogP contribution in [-0.4, -0.2) is 23.7 Å². The maximum Gasteiger partial charge on any atom is 0.309 e. The normalized spacial score (nSPS) is 15.7. The van der Waals surface area contributed by atoms with Gasteiger partial charge in [-0.1, -0.05) is 49.4 Å². The molecule has 2 aromatic carbocycles. The number of carbonyl (C=O) groups excluding carboxylic acids is 1. The van der Waals surface area contributed by atoms with E-state index in [9.17, 15) is 4.79 Å². The Morgan fingerprint density at radius 3 is 2.40 bits per heavy atom. The lowest BCUT2D eigenvalue weighted by Crippen LogP contribution is -2.42. The Morgan fingerprint density at radius 1 is 1.07 bits per heavy atom. The molecule has 1 aliphatic rings. The van der Waals surface area contributed by atoms with Crippen molar-refractivity contribution in [1.29, 1.82) is 0 Å². The number of nitrogens with zero attached hydrogens (tertiary/aromatic N) is 3. The molecule has 0 radical (unpaired) electrons. The second kappa shape index (κ2) is 8.91. The third-order valence-corrected chi connectivity index (χ3v) is 5.46. The molecule has 0 N–H and O–H groups in total. The molecule has 0 bridgehead atoms. The van der Waals surface area contributed by atoms with Gasteiger partial charge in [-0.3, -0.25) is 4.79 Å². The predicted molar refractivity (Wildman–Crippen MR) is 116 cm³/mol. The number of methoxy groups -OCH3 is 1. The first kappa shape index (κ1) is 19.8. The second-order valence-electron chi connectivity index (χ2n) is 7.38. The molecule has 0 unspecified atom stereocenters. The van der Waals surface area contributed by atoms with Gasteiger partial charge in [0.15, 0.2) is 12.4 Å². The van der Waals surface area contributed by atoms with Crippen molar-refractivity contribution in [3.05, 3.63) is 95.8 Å². The number of amides is 1. The van der Waals surface area contributed by atoms with Crippen LogP contribution in [0.3, 0.4) is 0 Å². The van der Waals surface area contributed by atoms with Crippen molar-refractivity contribution in [2.75, 3.05) is 7.11 Å². The fraction of sp³-hybridized carbons (Fsp3) is 0.240. The Bertz CT molecular complexity index is 1030. The summed E-state index contributed by atoms with van der Waals surface area (Å²) in [6.07, 6.45) is 5.57. The van der Waals surface area contributed by atoms with Crippen LogP contribution in [0, 0.1) is 0 Å². The van der Waals surface area contributed by atoms with E-state index in [1.807, 2.05) is 71.6 Å². The van der Waals surface area contributed by atoms with Crippen LogP contribution >= 0.6 is 0 Å². The van der Waals surface area contributed by atoms with Gasteiger partial charge < -0.3 is 4.74 Å². The molecule has 30 heavy (non-hydrogen) atoms. The molecule has 5 nitrogen and oxygen atoms in total. The van der Waals surface area contributed by atoms with Crippen LogP contribution in [0.25, 0.3) is 0 Å². The molecule has 152 valence electrons. The van der Waals surface area contributed by atoms with Crippen LogP contribution in [0.15, 0.2) is 84.2 Å². The first-order valence-corrected chi connectivity index (χ1v) is 10.2. The third-order valence-electron chi connectivity index (χ3n) is 5.46. The van der Waals surface area contributed by atoms with Gasteiger partial charge in [0, 0.05) is 18.6 Å². The Balaban J connectivity index is 1.61. The number of hydrogen-bond acceptors (Lipinski definition) is 3. The van der Waals surface area contributed by atoms with Gasteiger partial charge in [0.05, 0.1) is 18.9 Å². The van der Waals surface area contributed by atoms with E-state index in [0.29, 0.717) is 6.42 Å². The molecule has 0 spiro atoms. The molecule has 0 fully saturated rings. The average molecular weight is 401 g/mol. The van der Waals surface area contributed by atoms with E-state index in [2.05, 4.69) is 19.1 Å². The summed E-state index contributed by atoms with van der Waals surface area (Å²) in [6.45, 7) is 2.37.